The Kier molecular flexibility index (Phi) is 5.47. The molecule has 2 aromatic rings. The number of hydrogen-bond donors (Lipinski definition) is 0. The van der Waals surface area contributed by atoms with Gasteiger partial charge in [-0.05, 0) is 46.1 Å². The zero-order valence-corrected chi connectivity index (χ0v) is 14.6. The second-order valence-electron chi connectivity index (χ2n) is 4.31. The maximum absolute atomic E-state index is 13.5. The first-order valence-corrected chi connectivity index (χ1v) is 7.95. The topological polar surface area (TPSA) is 9.23 Å². The van der Waals surface area contributed by atoms with Crippen LogP contribution in [0.1, 0.15) is 16.5 Å². The number of rotatable bonds is 4. The first-order valence-electron chi connectivity index (χ1n) is 5.92. The van der Waals surface area contributed by atoms with E-state index < -0.39 is 0 Å². The summed E-state index contributed by atoms with van der Waals surface area (Å²) in [6.45, 7) is 0. The van der Waals surface area contributed by atoms with E-state index in [1.807, 2.05) is 24.3 Å². The van der Waals surface area contributed by atoms with Gasteiger partial charge in [0, 0.05) is 16.1 Å². The Morgan fingerprint density at radius 2 is 1.85 bits per heavy atom. The molecule has 0 saturated carbocycles. The SMILES string of the molecule is COc1cc(F)c(Br)cc1C(Cl)Cc1ccc(Br)cc1. The van der Waals surface area contributed by atoms with Gasteiger partial charge in [-0.25, -0.2) is 4.39 Å². The first-order chi connectivity index (χ1) is 9.51. The molecule has 20 heavy (non-hydrogen) atoms. The van der Waals surface area contributed by atoms with Crippen molar-refractivity contribution in [1.29, 1.82) is 0 Å². The van der Waals surface area contributed by atoms with Gasteiger partial charge in [0.15, 0.2) is 0 Å². The van der Waals surface area contributed by atoms with Crippen molar-refractivity contribution in [2.75, 3.05) is 7.11 Å². The molecule has 5 heteroatoms. The van der Waals surface area contributed by atoms with Gasteiger partial charge in [0.2, 0.25) is 0 Å². The van der Waals surface area contributed by atoms with Gasteiger partial charge < -0.3 is 4.74 Å². The lowest BCUT2D eigenvalue weighted by molar-refractivity contribution is 0.405. The van der Waals surface area contributed by atoms with Crippen LogP contribution < -0.4 is 4.74 Å². The lowest BCUT2D eigenvalue weighted by Crippen LogP contribution is -2.00. The Morgan fingerprint density at radius 1 is 1.20 bits per heavy atom. The Labute approximate surface area is 139 Å². The number of benzene rings is 2. The van der Waals surface area contributed by atoms with Crippen molar-refractivity contribution in [2.24, 2.45) is 0 Å². The molecule has 0 fully saturated rings. The van der Waals surface area contributed by atoms with Crippen LogP contribution in [0, 0.1) is 5.82 Å². The summed E-state index contributed by atoms with van der Waals surface area (Å²) in [7, 11) is 1.51. The van der Waals surface area contributed by atoms with Crippen LogP contribution in [0.2, 0.25) is 0 Å². The summed E-state index contributed by atoms with van der Waals surface area (Å²) >= 11 is 13.0. The average molecular weight is 423 g/mol. The Balaban J connectivity index is 2.26. The third-order valence-electron chi connectivity index (χ3n) is 2.94. The highest BCUT2D eigenvalue weighted by Crippen LogP contribution is 2.35. The minimum atomic E-state index is -0.363. The molecule has 0 amide bonds. The molecule has 0 bridgehead atoms. The van der Waals surface area contributed by atoms with E-state index in [1.165, 1.54) is 13.2 Å². The summed E-state index contributed by atoms with van der Waals surface area (Å²) in [5.74, 6) is 0.0981. The van der Waals surface area contributed by atoms with E-state index in [0.717, 1.165) is 15.6 Å². The molecule has 1 unspecified atom stereocenters. The van der Waals surface area contributed by atoms with E-state index >= 15 is 0 Å². The van der Waals surface area contributed by atoms with Crippen LogP contribution in [0.15, 0.2) is 45.3 Å². The molecule has 0 aromatic heterocycles. The van der Waals surface area contributed by atoms with Gasteiger partial charge >= 0.3 is 0 Å². The van der Waals surface area contributed by atoms with Crippen LogP contribution in [0.3, 0.4) is 0 Å². The largest absolute Gasteiger partial charge is 0.496 e. The molecule has 0 heterocycles. The third kappa shape index (κ3) is 3.74. The van der Waals surface area contributed by atoms with E-state index in [0.29, 0.717) is 16.6 Å². The fourth-order valence-electron chi connectivity index (χ4n) is 1.90. The molecule has 1 atom stereocenters. The highest BCUT2D eigenvalue weighted by molar-refractivity contribution is 9.10. The first kappa shape index (κ1) is 15.8. The predicted molar refractivity (Wildman–Crippen MR) is 87.1 cm³/mol. The fraction of sp³-hybridized carbons (Fsp3) is 0.200. The maximum atomic E-state index is 13.5. The van der Waals surface area contributed by atoms with Gasteiger partial charge in [0.05, 0.1) is 17.0 Å². The monoisotopic (exact) mass is 420 g/mol. The standard InChI is InChI=1S/C15H12Br2ClFO/c1-20-15-8-14(19)12(17)7-11(15)13(18)6-9-2-4-10(16)5-3-9/h2-5,7-8,13H,6H2,1H3. The lowest BCUT2D eigenvalue weighted by Gasteiger charge is -2.15. The molecular weight excluding hydrogens is 410 g/mol. The number of hydrogen-bond acceptors (Lipinski definition) is 1. The van der Waals surface area contributed by atoms with E-state index in [9.17, 15) is 4.39 Å². The number of alkyl halides is 1. The molecule has 0 spiro atoms. The van der Waals surface area contributed by atoms with Crippen LogP contribution in [0.4, 0.5) is 4.39 Å². The van der Waals surface area contributed by atoms with Gasteiger partial charge in [-0.15, -0.1) is 11.6 Å². The smallest absolute Gasteiger partial charge is 0.141 e. The third-order valence-corrected chi connectivity index (χ3v) is 4.46. The molecule has 0 aliphatic rings. The molecular formula is C15H12Br2ClFO. The van der Waals surface area contributed by atoms with Crippen molar-refractivity contribution in [3.05, 3.63) is 62.3 Å². The summed E-state index contributed by atoms with van der Waals surface area (Å²) in [4.78, 5) is 0. The van der Waals surface area contributed by atoms with Crippen molar-refractivity contribution in [2.45, 2.75) is 11.8 Å². The van der Waals surface area contributed by atoms with Gasteiger partial charge in [-0.3, -0.25) is 0 Å². The molecule has 1 nitrogen and oxygen atoms in total. The maximum Gasteiger partial charge on any atom is 0.141 e. The van der Waals surface area contributed by atoms with Crippen molar-refractivity contribution < 1.29 is 9.13 Å². The number of ether oxygens (including phenoxy) is 1. The summed E-state index contributed by atoms with van der Waals surface area (Å²) in [5.41, 5.74) is 1.88. The zero-order chi connectivity index (χ0) is 14.7. The van der Waals surface area contributed by atoms with E-state index in [-0.39, 0.29) is 11.2 Å². The van der Waals surface area contributed by atoms with Gasteiger partial charge in [0.25, 0.3) is 0 Å². The summed E-state index contributed by atoms with van der Waals surface area (Å²) in [6, 6.07) is 11.0. The molecule has 0 aliphatic carbocycles. The second-order valence-corrected chi connectivity index (χ2v) is 6.60. The van der Waals surface area contributed by atoms with Crippen LogP contribution in [0.5, 0.6) is 5.75 Å². The Hall–Kier alpha value is -0.580. The zero-order valence-electron chi connectivity index (χ0n) is 10.7. The van der Waals surface area contributed by atoms with Crippen molar-refractivity contribution in [1.82, 2.24) is 0 Å². The van der Waals surface area contributed by atoms with E-state index in [1.54, 1.807) is 6.07 Å². The van der Waals surface area contributed by atoms with Crippen molar-refractivity contribution in [3.8, 4) is 5.75 Å². The van der Waals surface area contributed by atoms with Gasteiger partial charge in [-0.1, -0.05) is 28.1 Å². The van der Waals surface area contributed by atoms with Crippen LogP contribution in [-0.2, 0) is 6.42 Å². The van der Waals surface area contributed by atoms with Crippen LogP contribution in [0.25, 0.3) is 0 Å². The fourth-order valence-corrected chi connectivity index (χ4v) is 2.88. The number of methoxy groups -OCH3 is 1. The van der Waals surface area contributed by atoms with E-state index in [4.69, 9.17) is 16.3 Å². The number of halogens is 4. The lowest BCUT2D eigenvalue weighted by atomic mass is 10.0. The molecule has 2 rings (SSSR count). The highest BCUT2D eigenvalue weighted by Gasteiger charge is 2.17. The average Bonchev–Trinajstić information content (AvgIpc) is 2.43. The van der Waals surface area contributed by atoms with Crippen molar-refractivity contribution in [3.63, 3.8) is 0 Å². The normalized spacial score (nSPS) is 12.2. The predicted octanol–water partition coefficient (Wildman–Crippen LogP) is 5.88. The Morgan fingerprint density at radius 3 is 2.45 bits per heavy atom. The molecule has 106 valence electrons. The summed E-state index contributed by atoms with van der Waals surface area (Å²) < 4.78 is 20.1. The second kappa shape index (κ2) is 6.92. The highest BCUT2D eigenvalue weighted by atomic mass is 79.9. The van der Waals surface area contributed by atoms with E-state index in [2.05, 4.69) is 31.9 Å². The summed E-state index contributed by atoms with van der Waals surface area (Å²) in [5, 5.41) is -0.289. The van der Waals surface area contributed by atoms with Crippen LogP contribution >= 0.6 is 43.5 Å². The minimum absolute atomic E-state index is 0.289. The van der Waals surface area contributed by atoms with Crippen LogP contribution in [-0.4, -0.2) is 7.11 Å². The Bertz CT molecular complexity index is 602. The van der Waals surface area contributed by atoms with Gasteiger partial charge in [0.1, 0.15) is 11.6 Å². The molecule has 0 aliphatic heterocycles. The molecule has 0 saturated heterocycles. The summed E-state index contributed by atoms with van der Waals surface area (Å²) in [6.07, 6.45) is 0.642. The molecule has 0 N–H and O–H groups in total. The van der Waals surface area contributed by atoms with Gasteiger partial charge in [-0.2, -0.15) is 0 Å². The quantitative estimate of drug-likeness (QED) is 0.559. The molecule has 2 aromatic carbocycles. The molecule has 0 radical (unpaired) electrons. The van der Waals surface area contributed by atoms with Crippen molar-refractivity contribution >= 4 is 43.5 Å². The minimum Gasteiger partial charge on any atom is -0.496 e.